The molecule has 0 saturated carbocycles. The van der Waals surface area contributed by atoms with Gasteiger partial charge in [-0.2, -0.15) is 5.10 Å². The number of nitrogens with one attached hydrogen (secondary N) is 1. The van der Waals surface area contributed by atoms with Crippen LogP contribution in [0, 0.1) is 12.8 Å². The van der Waals surface area contributed by atoms with E-state index in [-0.39, 0.29) is 24.9 Å². The number of rotatable bonds is 9. The zero-order valence-corrected chi connectivity index (χ0v) is 21.4. The summed E-state index contributed by atoms with van der Waals surface area (Å²) in [5.41, 5.74) is 5.88. The molecule has 0 spiro atoms. The summed E-state index contributed by atoms with van der Waals surface area (Å²) in [4.78, 5) is 23.0. The molecule has 1 heterocycles. The van der Waals surface area contributed by atoms with Crippen molar-refractivity contribution in [2.75, 3.05) is 6.54 Å². The van der Waals surface area contributed by atoms with Gasteiger partial charge in [0.1, 0.15) is 0 Å². The Morgan fingerprint density at radius 2 is 1.81 bits per heavy atom. The maximum absolute atomic E-state index is 12.3. The van der Waals surface area contributed by atoms with E-state index in [0.29, 0.717) is 11.5 Å². The van der Waals surface area contributed by atoms with Crippen LogP contribution in [0.5, 0.6) is 0 Å². The van der Waals surface area contributed by atoms with Crippen molar-refractivity contribution in [2.45, 2.75) is 39.7 Å². The summed E-state index contributed by atoms with van der Waals surface area (Å²) in [7, 11) is 0. The number of hydrogen-bond donors (Lipinski definition) is 2. The standard InChI is InChI=1S/C29H30ClN3O3/c1-18(2)14-27(20-4-6-21(7-5-20)29(36)31-13-12-28(34)35)33-17-23-16-22(8-11-26(23)32-33)25-10-9-24(30)15-19(25)3/h4-11,15-18,27H,12-14H2,1-3H3,(H,31,36)(H,34,35). The Labute approximate surface area is 215 Å². The molecule has 0 radical (unpaired) electrons. The normalized spacial score (nSPS) is 12.1. The molecule has 2 N–H and O–H groups in total. The third kappa shape index (κ3) is 5.94. The molecule has 0 aliphatic carbocycles. The van der Waals surface area contributed by atoms with Gasteiger partial charge in [0.25, 0.3) is 5.91 Å². The van der Waals surface area contributed by atoms with Crippen LogP contribution in [0.2, 0.25) is 5.02 Å². The summed E-state index contributed by atoms with van der Waals surface area (Å²) in [6.45, 7) is 6.52. The van der Waals surface area contributed by atoms with Crippen LogP contribution < -0.4 is 5.32 Å². The molecule has 0 aliphatic heterocycles. The highest BCUT2D eigenvalue weighted by Gasteiger charge is 2.18. The second-order valence-electron chi connectivity index (χ2n) is 9.51. The monoisotopic (exact) mass is 503 g/mol. The summed E-state index contributed by atoms with van der Waals surface area (Å²) in [5.74, 6) is -0.782. The number of nitrogens with zero attached hydrogens (tertiary/aromatic N) is 2. The van der Waals surface area contributed by atoms with Gasteiger partial charge < -0.3 is 10.4 Å². The van der Waals surface area contributed by atoms with Gasteiger partial charge in [-0.25, -0.2) is 0 Å². The average Bonchev–Trinajstić information content (AvgIpc) is 3.25. The highest BCUT2D eigenvalue weighted by Crippen LogP contribution is 2.31. The van der Waals surface area contributed by atoms with E-state index in [1.54, 1.807) is 12.1 Å². The molecule has 7 heteroatoms. The lowest BCUT2D eigenvalue weighted by molar-refractivity contribution is -0.136. The summed E-state index contributed by atoms with van der Waals surface area (Å²) in [6.07, 6.45) is 2.87. The topological polar surface area (TPSA) is 84.2 Å². The van der Waals surface area contributed by atoms with Gasteiger partial charge in [0.2, 0.25) is 0 Å². The Balaban J connectivity index is 1.61. The van der Waals surface area contributed by atoms with E-state index in [1.807, 2.05) is 41.1 Å². The number of carboxylic acids is 1. The van der Waals surface area contributed by atoms with E-state index in [4.69, 9.17) is 21.8 Å². The number of carbonyl (C=O) groups excluding carboxylic acids is 1. The number of carbonyl (C=O) groups is 2. The van der Waals surface area contributed by atoms with E-state index < -0.39 is 5.97 Å². The highest BCUT2D eigenvalue weighted by molar-refractivity contribution is 6.30. The molecular weight excluding hydrogens is 474 g/mol. The van der Waals surface area contributed by atoms with Crippen molar-refractivity contribution in [2.24, 2.45) is 5.92 Å². The number of fused-ring (bicyclic) bond motifs is 1. The van der Waals surface area contributed by atoms with Crippen LogP contribution >= 0.6 is 11.6 Å². The van der Waals surface area contributed by atoms with Crippen molar-refractivity contribution in [1.29, 1.82) is 0 Å². The van der Waals surface area contributed by atoms with Crippen molar-refractivity contribution < 1.29 is 14.7 Å². The molecule has 0 bridgehead atoms. The van der Waals surface area contributed by atoms with E-state index in [1.165, 1.54) is 0 Å². The number of aliphatic carboxylic acids is 1. The van der Waals surface area contributed by atoms with Gasteiger partial charge in [-0.1, -0.05) is 49.7 Å². The van der Waals surface area contributed by atoms with Gasteiger partial charge in [0.05, 0.1) is 18.0 Å². The largest absolute Gasteiger partial charge is 0.481 e. The van der Waals surface area contributed by atoms with Gasteiger partial charge >= 0.3 is 5.97 Å². The first-order chi connectivity index (χ1) is 17.2. The van der Waals surface area contributed by atoms with E-state index >= 15 is 0 Å². The molecular formula is C29H30ClN3O3. The molecule has 1 aromatic heterocycles. The molecule has 1 atom stereocenters. The molecule has 0 aliphatic rings. The number of carboxylic acid groups (broad SMARTS) is 1. The number of aromatic nitrogens is 2. The Hall–Kier alpha value is -3.64. The van der Waals surface area contributed by atoms with Gasteiger partial charge in [-0.15, -0.1) is 0 Å². The zero-order valence-electron chi connectivity index (χ0n) is 20.7. The van der Waals surface area contributed by atoms with Crippen molar-refractivity contribution in [3.63, 3.8) is 0 Å². The van der Waals surface area contributed by atoms with E-state index in [9.17, 15) is 9.59 Å². The first-order valence-electron chi connectivity index (χ1n) is 12.1. The van der Waals surface area contributed by atoms with Crippen molar-refractivity contribution in [3.8, 4) is 11.1 Å². The smallest absolute Gasteiger partial charge is 0.305 e. The molecule has 4 aromatic rings. The van der Waals surface area contributed by atoms with Crippen LogP contribution in [-0.4, -0.2) is 33.3 Å². The SMILES string of the molecule is Cc1cc(Cl)ccc1-c1ccc2nn(C(CC(C)C)c3ccc(C(=O)NCCC(=O)O)cc3)cc2c1. The van der Waals surface area contributed by atoms with Crippen LogP contribution in [-0.2, 0) is 4.79 Å². The molecule has 3 aromatic carbocycles. The fraction of sp³-hybridized carbons (Fsp3) is 0.276. The minimum Gasteiger partial charge on any atom is -0.481 e. The summed E-state index contributed by atoms with van der Waals surface area (Å²) in [5, 5.41) is 18.1. The lowest BCUT2D eigenvalue weighted by Gasteiger charge is -2.20. The number of halogens is 1. The fourth-order valence-corrected chi connectivity index (χ4v) is 4.63. The van der Waals surface area contributed by atoms with Gasteiger partial charge in [-0.05, 0) is 77.9 Å². The Morgan fingerprint density at radius 3 is 2.47 bits per heavy atom. The molecule has 1 amide bonds. The van der Waals surface area contributed by atoms with Crippen LogP contribution in [0.3, 0.4) is 0 Å². The molecule has 0 saturated heterocycles. The van der Waals surface area contributed by atoms with Crippen molar-refractivity contribution in [3.05, 3.63) is 88.6 Å². The molecule has 4 rings (SSSR count). The number of benzene rings is 3. The van der Waals surface area contributed by atoms with Gasteiger partial charge in [0.15, 0.2) is 0 Å². The Bertz CT molecular complexity index is 1390. The summed E-state index contributed by atoms with van der Waals surface area (Å²) < 4.78 is 2.02. The van der Waals surface area contributed by atoms with Crippen LogP contribution in [0.4, 0.5) is 0 Å². The molecule has 186 valence electrons. The average molecular weight is 504 g/mol. The zero-order chi connectivity index (χ0) is 25.8. The number of amides is 1. The number of hydrogen-bond acceptors (Lipinski definition) is 3. The first kappa shape index (κ1) is 25.5. The Kier molecular flexibility index (Phi) is 7.75. The summed E-state index contributed by atoms with van der Waals surface area (Å²) >= 11 is 6.14. The summed E-state index contributed by atoms with van der Waals surface area (Å²) in [6, 6.07) is 19.7. The third-order valence-electron chi connectivity index (χ3n) is 6.22. The van der Waals surface area contributed by atoms with Crippen LogP contribution in [0.25, 0.3) is 22.0 Å². The first-order valence-corrected chi connectivity index (χ1v) is 12.4. The van der Waals surface area contributed by atoms with Gasteiger partial charge in [0, 0.05) is 28.7 Å². The second-order valence-corrected chi connectivity index (χ2v) is 9.95. The van der Waals surface area contributed by atoms with Crippen molar-refractivity contribution >= 4 is 34.4 Å². The maximum Gasteiger partial charge on any atom is 0.305 e. The maximum atomic E-state index is 12.3. The molecule has 36 heavy (non-hydrogen) atoms. The van der Waals surface area contributed by atoms with Gasteiger partial charge in [-0.3, -0.25) is 14.3 Å². The van der Waals surface area contributed by atoms with E-state index in [2.05, 4.69) is 44.4 Å². The fourth-order valence-electron chi connectivity index (χ4n) is 4.41. The molecule has 6 nitrogen and oxygen atoms in total. The van der Waals surface area contributed by atoms with Crippen LogP contribution in [0.1, 0.15) is 54.2 Å². The predicted molar refractivity (Wildman–Crippen MR) is 144 cm³/mol. The molecule has 0 fully saturated rings. The van der Waals surface area contributed by atoms with Crippen LogP contribution in [0.15, 0.2) is 66.9 Å². The van der Waals surface area contributed by atoms with E-state index in [0.717, 1.165) is 44.6 Å². The minimum atomic E-state index is -0.941. The minimum absolute atomic E-state index is 0.0160. The number of aryl methyl sites for hydroxylation is 1. The molecule has 1 unspecified atom stereocenters. The highest BCUT2D eigenvalue weighted by atomic mass is 35.5. The lowest BCUT2D eigenvalue weighted by atomic mass is 9.96. The van der Waals surface area contributed by atoms with Crippen molar-refractivity contribution in [1.82, 2.24) is 15.1 Å². The lowest BCUT2D eigenvalue weighted by Crippen LogP contribution is -2.26. The Morgan fingerprint density at radius 1 is 1.06 bits per heavy atom. The second kappa shape index (κ2) is 11.0. The quantitative estimate of drug-likeness (QED) is 0.273. The predicted octanol–water partition coefficient (Wildman–Crippen LogP) is 6.51. The third-order valence-corrected chi connectivity index (χ3v) is 6.45.